The number of rotatable bonds is 3. The van der Waals surface area contributed by atoms with Crippen LogP contribution in [0.25, 0.3) is 0 Å². The van der Waals surface area contributed by atoms with Crippen molar-refractivity contribution in [1.82, 2.24) is 14.9 Å². The second kappa shape index (κ2) is 5.18. The zero-order chi connectivity index (χ0) is 13.5. The molecule has 2 saturated carbocycles. The van der Waals surface area contributed by atoms with E-state index in [0.29, 0.717) is 0 Å². The molecule has 0 aromatic carbocycles. The number of nitrogens with zero attached hydrogens (tertiary/aromatic N) is 2. The Morgan fingerprint density at radius 3 is 2.85 bits per heavy atom. The first kappa shape index (κ1) is 12.9. The fourth-order valence-electron chi connectivity index (χ4n) is 4.36. The van der Waals surface area contributed by atoms with Gasteiger partial charge in [-0.05, 0) is 25.2 Å². The van der Waals surface area contributed by atoms with Gasteiger partial charge in [0, 0.05) is 37.2 Å². The first-order valence-corrected chi connectivity index (χ1v) is 8.69. The number of hydrogen-bond donors (Lipinski definition) is 1. The second-order valence-electron chi connectivity index (χ2n) is 6.97. The van der Waals surface area contributed by atoms with Gasteiger partial charge in [-0.25, -0.2) is 4.98 Å². The highest BCUT2D eigenvalue weighted by Crippen LogP contribution is 2.49. The molecule has 3 aliphatic rings. The zero-order valence-corrected chi connectivity index (χ0v) is 12.7. The van der Waals surface area contributed by atoms with E-state index in [1.165, 1.54) is 62.9 Å². The van der Waals surface area contributed by atoms with Crippen molar-refractivity contribution >= 4 is 0 Å². The van der Waals surface area contributed by atoms with Gasteiger partial charge in [-0.3, -0.25) is 0 Å². The monoisotopic (exact) mass is 273 g/mol. The molecule has 0 amide bonds. The summed E-state index contributed by atoms with van der Waals surface area (Å²) >= 11 is 0. The quantitative estimate of drug-likeness (QED) is 0.912. The van der Waals surface area contributed by atoms with Crippen LogP contribution in [0.2, 0.25) is 0 Å². The number of hydrogen-bond acceptors (Lipinski definition) is 2. The highest BCUT2D eigenvalue weighted by molar-refractivity contribution is 5.25. The maximum Gasteiger partial charge on any atom is 0.112 e. The molecule has 2 heterocycles. The van der Waals surface area contributed by atoms with Gasteiger partial charge in [0.05, 0.1) is 5.69 Å². The molecule has 3 heteroatoms. The Hall–Kier alpha value is -0.830. The third-order valence-electron chi connectivity index (χ3n) is 5.66. The molecule has 110 valence electrons. The molecule has 2 fully saturated rings. The lowest BCUT2D eigenvalue weighted by molar-refractivity contribution is 0.410. The van der Waals surface area contributed by atoms with E-state index < -0.39 is 0 Å². The number of fused-ring (bicyclic) bond motifs is 1. The molecule has 0 bridgehead atoms. The molecule has 4 rings (SSSR count). The van der Waals surface area contributed by atoms with Crippen LogP contribution in [0.5, 0.6) is 0 Å². The second-order valence-corrected chi connectivity index (χ2v) is 6.97. The van der Waals surface area contributed by atoms with Crippen molar-refractivity contribution in [3.8, 4) is 0 Å². The van der Waals surface area contributed by atoms with Crippen LogP contribution in [0, 0.1) is 5.92 Å². The summed E-state index contributed by atoms with van der Waals surface area (Å²) in [4.78, 5) is 5.10. The van der Waals surface area contributed by atoms with E-state index in [1.807, 2.05) is 0 Å². The average Bonchev–Trinajstić information content (AvgIpc) is 3.19. The number of aromatic nitrogens is 2. The summed E-state index contributed by atoms with van der Waals surface area (Å²) in [7, 11) is 0. The minimum atomic E-state index is 0.743. The molecule has 1 aromatic heterocycles. The molecule has 1 aliphatic heterocycles. The summed E-state index contributed by atoms with van der Waals surface area (Å²) in [5.74, 6) is 3.12. The number of nitrogens with one attached hydrogen (secondary N) is 1. The van der Waals surface area contributed by atoms with Gasteiger partial charge in [-0.2, -0.15) is 0 Å². The minimum absolute atomic E-state index is 0.743. The van der Waals surface area contributed by atoms with E-state index in [2.05, 4.69) is 16.8 Å². The third-order valence-corrected chi connectivity index (χ3v) is 5.66. The summed E-state index contributed by atoms with van der Waals surface area (Å²) in [5, 5.41) is 3.49. The Kier molecular flexibility index (Phi) is 3.33. The van der Waals surface area contributed by atoms with Crippen molar-refractivity contribution in [2.75, 3.05) is 6.54 Å². The van der Waals surface area contributed by atoms with Crippen LogP contribution >= 0.6 is 0 Å². The summed E-state index contributed by atoms with van der Waals surface area (Å²) in [6, 6.07) is 0.784. The van der Waals surface area contributed by atoms with Crippen LogP contribution in [0.15, 0.2) is 0 Å². The lowest BCUT2D eigenvalue weighted by Crippen LogP contribution is -2.25. The molecule has 1 aromatic rings. The Balaban J connectivity index is 1.71. The van der Waals surface area contributed by atoms with E-state index in [-0.39, 0.29) is 0 Å². The first-order valence-electron chi connectivity index (χ1n) is 8.69. The Morgan fingerprint density at radius 2 is 2.10 bits per heavy atom. The maximum absolute atomic E-state index is 5.10. The normalized spacial score (nSPS) is 30.2. The molecular formula is C17H27N3. The fourth-order valence-corrected chi connectivity index (χ4v) is 4.36. The Bertz CT molecular complexity index is 485. The van der Waals surface area contributed by atoms with Gasteiger partial charge >= 0.3 is 0 Å². The highest BCUT2D eigenvalue weighted by Gasteiger charge is 2.41. The predicted molar refractivity (Wildman–Crippen MR) is 80.9 cm³/mol. The fraction of sp³-hybridized carbons (Fsp3) is 0.824. The highest BCUT2D eigenvalue weighted by atomic mass is 15.2. The summed E-state index contributed by atoms with van der Waals surface area (Å²) in [5.41, 5.74) is 2.93. The first-order chi connectivity index (χ1) is 9.88. The van der Waals surface area contributed by atoms with Gasteiger partial charge in [-0.1, -0.05) is 32.6 Å². The van der Waals surface area contributed by atoms with E-state index in [4.69, 9.17) is 4.98 Å². The van der Waals surface area contributed by atoms with Crippen molar-refractivity contribution in [1.29, 1.82) is 0 Å². The zero-order valence-electron chi connectivity index (χ0n) is 12.7. The molecule has 0 spiro atoms. The topological polar surface area (TPSA) is 29.9 Å². The molecule has 0 radical (unpaired) electrons. The van der Waals surface area contributed by atoms with Crippen LogP contribution < -0.4 is 5.32 Å². The molecular weight excluding hydrogens is 246 g/mol. The SMILES string of the molecule is CCC1CC1n1c(C2CCCCC2)nc2c1CCNC2. The van der Waals surface area contributed by atoms with Crippen molar-refractivity contribution in [3.63, 3.8) is 0 Å². The van der Waals surface area contributed by atoms with Crippen LogP contribution in [0.3, 0.4) is 0 Å². The summed E-state index contributed by atoms with van der Waals surface area (Å²) in [6.45, 7) is 4.47. The van der Waals surface area contributed by atoms with Crippen LogP contribution in [0.4, 0.5) is 0 Å². The molecule has 2 atom stereocenters. The molecule has 3 nitrogen and oxygen atoms in total. The van der Waals surface area contributed by atoms with E-state index in [9.17, 15) is 0 Å². The Labute approximate surface area is 122 Å². The summed E-state index contributed by atoms with van der Waals surface area (Å²) in [6.07, 6.45) is 10.9. The van der Waals surface area contributed by atoms with Gasteiger partial charge in [0.25, 0.3) is 0 Å². The van der Waals surface area contributed by atoms with Gasteiger partial charge in [0.2, 0.25) is 0 Å². The largest absolute Gasteiger partial charge is 0.328 e. The van der Waals surface area contributed by atoms with Crippen LogP contribution in [-0.4, -0.2) is 16.1 Å². The Morgan fingerprint density at radius 1 is 1.25 bits per heavy atom. The maximum atomic E-state index is 5.10. The molecule has 1 N–H and O–H groups in total. The number of imidazole rings is 1. The standard InChI is InChI=1S/C17H27N3/c1-2-12-10-16(12)20-15-8-9-18-11-14(15)19-17(20)13-6-4-3-5-7-13/h12-13,16,18H,2-11H2,1H3. The molecule has 20 heavy (non-hydrogen) atoms. The van der Waals surface area contributed by atoms with Gasteiger partial charge in [-0.15, -0.1) is 0 Å². The lowest BCUT2D eigenvalue weighted by Gasteiger charge is -2.23. The average molecular weight is 273 g/mol. The van der Waals surface area contributed by atoms with Crippen molar-refractivity contribution in [2.24, 2.45) is 5.92 Å². The molecule has 2 unspecified atom stereocenters. The van der Waals surface area contributed by atoms with E-state index in [0.717, 1.165) is 31.0 Å². The van der Waals surface area contributed by atoms with Gasteiger partial charge in [0.1, 0.15) is 5.82 Å². The molecule has 2 aliphatic carbocycles. The lowest BCUT2D eigenvalue weighted by atomic mass is 9.88. The van der Waals surface area contributed by atoms with Crippen molar-refractivity contribution < 1.29 is 0 Å². The molecule has 0 saturated heterocycles. The van der Waals surface area contributed by atoms with Crippen LogP contribution in [0.1, 0.15) is 81.0 Å². The van der Waals surface area contributed by atoms with Crippen molar-refractivity contribution in [2.45, 2.75) is 76.8 Å². The minimum Gasteiger partial charge on any atom is -0.328 e. The van der Waals surface area contributed by atoms with E-state index >= 15 is 0 Å². The summed E-state index contributed by atoms with van der Waals surface area (Å²) < 4.78 is 2.71. The van der Waals surface area contributed by atoms with Crippen molar-refractivity contribution in [3.05, 3.63) is 17.2 Å². The van der Waals surface area contributed by atoms with Crippen LogP contribution in [-0.2, 0) is 13.0 Å². The predicted octanol–water partition coefficient (Wildman–Crippen LogP) is 3.55. The third kappa shape index (κ3) is 2.11. The smallest absolute Gasteiger partial charge is 0.112 e. The van der Waals surface area contributed by atoms with Gasteiger partial charge in [0.15, 0.2) is 0 Å². The van der Waals surface area contributed by atoms with Gasteiger partial charge < -0.3 is 9.88 Å². The van der Waals surface area contributed by atoms with E-state index in [1.54, 1.807) is 5.69 Å².